The van der Waals surface area contributed by atoms with Crippen molar-refractivity contribution in [3.05, 3.63) is 17.7 Å². The highest BCUT2D eigenvalue weighted by atomic mass is 16.5. The van der Waals surface area contributed by atoms with Crippen molar-refractivity contribution in [2.24, 2.45) is 16.1 Å². The van der Waals surface area contributed by atoms with Gasteiger partial charge in [-0.1, -0.05) is 13.8 Å². The molecule has 0 bridgehead atoms. The highest BCUT2D eigenvalue weighted by molar-refractivity contribution is 5.99. The van der Waals surface area contributed by atoms with Crippen molar-refractivity contribution in [3.63, 3.8) is 0 Å². The minimum Gasteiger partial charge on any atom is -0.398 e. The standard InChI is InChI=1S/C17H27N5O/c1-17(2)10-22(8-15(17)20)16-12(13(18)3-4-14(16)19)7-21-11-5-6-23-9-11/h3-4,7,11,15H,5-6,8-10,18-20H2,1-2H3. The molecule has 3 rings (SSSR count). The largest absolute Gasteiger partial charge is 0.398 e. The van der Waals surface area contributed by atoms with Gasteiger partial charge in [-0.05, 0) is 24.0 Å². The van der Waals surface area contributed by atoms with E-state index in [9.17, 15) is 0 Å². The maximum absolute atomic E-state index is 6.29. The molecule has 126 valence electrons. The summed E-state index contributed by atoms with van der Waals surface area (Å²) in [6.45, 7) is 7.45. The third kappa shape index (κ3) is 3.14. The Morgan fingerprint density at radius 3 is 2.65 bits per heavy atom. The maximum Gasteiger partial charge on any atom is 0.0755 e. The van der Waals surface area contributed by atoms with Crippen molar-refractivity contribution in [1.82, 2.24) is 0 Å². The van der Waals surface area contributed by atoms with Gasteiger partial charge in [0.25, 0.3) is 0 Å². The Hall–Kier alpha value is -1.79. The van der Waals surface area contributed by atoms with Crippen LogP contribution in [0.3, 0.4) is 0 Å². The summed E-state index contributed by atoms with van der Waals surface area (Å²) < 4.78 is 5.37. The van der Waals surface area contributed by atoms with Crippen molar-refractivity contribution in [3.8, 4) is 0 Å². The quantitative estimate of drug-likeness (QED) is 0.575. The summed E-state index contributed by atoms with van der Waals surface area (Å²) >= 11 is 0. The van der Waals surface area contributed by atoms with Crippen LogP contribution in [0.15, 0.2) is 17.1 Å². The number of rotatable bonds is 3. The molecule has 1 aromatic rings. The molecule has 2 saturated heterocycles. The minimum absolute atomic E-state index is 0.0464. The summed E-state index contributed by atoms with van der Waals surface area (Å²) in [6.07, 6.45) is 2.81. The summed E-state index contributed by atoms with van der Waals surface area (Å²) in [5.74, 6) is 0. The van der Waals surface area contributed by atoms with Crippen LogP contribution in [-0.2, 0) is 4.74 Å². The van der Waals surface area contributed by atoms with Crippen molar-refractivity contribution in [2.75, 3.05) is 42.7 Å². The Morgan fingerprint density at radius 2 is 2.04 bits per heavy atom. The van der Waals surface area contributed by atoms with Crippen molar-refractivity contribution < 1.29 is 4.74 Å². The Morgan fingerprint density at radius 1 is 1.30 bits per heavy atom. The predicted octanol–water partition coefficient (Wildman–Crippen LogP) is 1.23. The summed E-state index contributed by atoms with van der Waals surface area (Å²) in [4.78, 5) is 6.88. The van der Waals surface area contributed by atoms with E-state index in [1.54, 1.807) is 0 Å². The van der Waals surface area contributed by atoms with Crippen LogP contribution in [-0.4, -0.2) is 44.6 Å². The average molecular weight is 317 g/mol. The predicted molar refractivity (Wildman–Crippen MR) is 96.1 cm³/mol. The van der Waals surface area contributed by atoms with Crippen LogP contribution in [0.2, 0.25) is 0 Å². The Bertz CT molecular complexity index is 607. The van der Waals surface area contributed by atoms with Gasteiger partial charge in [0.05, 0.1) is 24.0 Å². The van der Waals surface area contributed by atoms with Gasteiger partial charge in [-0.3, -0.25) is 4.99 Å². The lowest BCUT2D eigenvalue weighted by Gasteiger charge is -2.25. The van der Waals surface area contributed by atoms with Gasteiger partial charge in [0.15, 0.2) is 0 Å². The second-order valence-electron chi connectivity index (χ2n) is 7.28. The average Bonchev–Trinajstić information content (AvgIpc) is 3.08. The van der Waals surface area contributed by atoms with Crippen LogP contribution in [0.5, 0.6) is 0 Å². The summed E-state index contributed by atoms with van der Waals surface area (Å²) in [5.41, 5.74) is 22.1. The number of hydrogen-bond donors (Lipinski definition) is 3. The molecule has 0 radical (unpaired) electrons. The van der Waals surface area contributed by atoms with Gasteiger partial charge in [-0.2, -0.15) is 0 Å². The highest BCUT2D eigenvalue weighted by Crippen LogP contribution is 2.38. The van der Waals surface area contributed by atoms with E-state index < -0.39 is 0 Å². The van der Waals surface area contributed by atoms with E-state index in [0.717, 1.165) is 37.4 Å². The first-order valence-electron chi connectivity index (χ1n) is 8.18. The Kier molecular flexibility index (Phi) is 4.21. The molecule has 0 saturated carbocycles. The second-order valence-corrected chi connectivity index (χ2v) is 7.28. The first kappa shape index (κ1) is 16.1. The molecule has 6 heteroatoms. The molecule has 2 heterocycles. The van der Waals surface area contributed by atoms with Crippen LogP contribution < -0.4 is 22.1 Å². The lowest BCUT2D eigenvalue weighted by Crippen LogP contribution is -2.35. The fraction of sp³-hybridized carbons (Fsp3) is 0.588. The molecule has 0 spiro atoms. The van der Waals surface area contributed by atoms with E-state index in [0.29, 0.717) is 18.0 Å². The minimum atomic E-state index is 0.0464. The normalized spacial score (nSPS) is 27.2. The third-order valence-corrected chi connectivity index (χ3v) is 4.94. The first-order chi connectivity index (χ1) is 10.9. The van der Waals surface area contributed by atoms with E-state index in [1.807, 2.05) is 18.3 Å². The molecule has 2 atom stereocenters. The van der Waals surface area contributed by atoms with Crippen LogP contribution in [0.25, 0.3) is 0 Å². The highest BCUT2D eigenvalue weighted by Gasteiger charge is 2.38. The third-order valence-electron chi connectivity index (χ3n) is 4.94. The molecule has 2 unspecified atom stereocenters. The topological polar surface area (TPSA) is 103 Å². The number of nitrogen functional groups attached to an aromatic ring is 2. The molecule has 0 amide bonds. The second kappa shape index (κ2) is 6.02. The summed E-state index contributed by atoms with van der Waals surface area (Å²) in [6, 6.07) is 4.02. The zero-order chi connectivity index (χ0) is 16.6. The van der Waals surface area contributed by atoms with Crippen molar-refractivity contribution in [2.45, 2.75) is 32.4 Å². The molecule has 0 aromatic heterocycles. The van der Waals surface area contributed by atoms with Gasteiger partial charge < -0.3 is 26.8 Å². The summed E-state index contributed by atoms with van der Waals surface area (Å²) in [5, 5.41) is 0. The van der Waals surface area contributed by atoms with Crippen LogP contribution in [0.1, 0.15) is 25.8 Å². The van der Waals surface area contributed by atoms with Crippen LogP contribution >= 0.6 is 0 Å². The van der Waals surface area contributed by atoms with E-state index in [-0.39, 0.29) is 17.5 Å². The zero-order valence-corrected chi connectivity index (χ0v) is 14.0. The molecule has 6 N–H and O–H groups in total. The summed E-state index contributed by atoms with van der Waals surface area (Å²) in [7, 11) is 0. The van der Waals surface area contributed by atoms with Crippen LogP contribution in [0.4, 0.5) is 17.1 Å². The number of hydrogen-bond acceptors (Lipinski definition) is 6. The number of aliphatic imine (C=N–C) groups is 1. The van der Waals surface area contributed by atoms with Gasteiger partial charge in [-0.15, -0.1) is 0 Å². The Labute approximate surface area is 137 Å². The smallest absolute Gasteiger partial charge is 0.0755 e. The molecule has 2 fully saturated rings. The number of nitrogens with two attached hydrogens (primary N) is 3. The number of nitrogens with zero attached hydrogens (tertiary/aromatic N) is 2. The monoisotopic (exact) mass is 317 g/mol. The van der Waals surface area contributed by atoms with Crippen molar-refractivity contribution in [1.29, 1.82) is 0 Å². The zero-order valence-electron chi connectivity index (χ0n) is 14.0. The van der Waals surface area contributed by atoms with E-state index in [1.165, 1.54) is 0 Å². The van der Waals surface area contributed by atoms with Gasteiger partial charge in [0.1, 0.15) is 0 Å². The maximum atomic E-state index is 6.29. The fourth-order valence-corrected chi connectivity index (χ4v) is 3.28. The number of anilines is 3. The van der Waals surface area contributed by atoms with E-state index in [2.05, 4.69) is 23.7 Å². The van der Waals surface area contributed by atoms with Gasteiger partial charge in [0, 0.05) is 43.2 Å². The molecule has 2 aliphatic rings. The molecule has 1 aromatic carbocycles. The lowest BCUT2D eigenvalue weighted by molar-refractivity contribution is 0.194. The van der Waals surface area contributed by atoms with Gasteiger partial charge >= 0.3 is 0 Å². The molecule has 2 aliphatic heterocycles. The number of benzene rings is 1. The van der Waals surface area contributed by atoms with Gasteiger partial charge in [0.2, 0.25) is 0 Å². The molecular weight excluding hydrogens is 290 g/mol. The molecule has 23 heavy (non-hydrogen) atoms. The van der Waals surface area contributed by atoms with Crippen LogP contribution in [0, 0.1) is 5.41 Å². The number of ether oxygens (including phenoxy) is 1. The first-order valence-corrected chi connectivity index (χ1v) is 8.18. The van der Waals surface area contributed by atoms with Crippen molar-refractivity contribution >= 4 is 23.3 Å². The molecular formula is C17H27N5O. The van der Waals surface area contributed by atoms with E-state index in [4.69, 9.17) is 21.9 Å². The SMILES string of the molecule is CC1(C)CN(c2c(N)ccc(N)c2C=NC2CCOC2)CC1N. The van der Waals surface area contributed by atoms with E-state index >= 15 is 0 Å². The van der Waals surface area contributed by atoms with Gasteiger partial charge in [-0.25, -0.2) is 0 Å². The Balaban J connectivity index is 1.94. The fourth-order valence-electron chi connectivity index (χ4n) is 3.28. The molecule has 0 aliphatic carbocycles. The lowest BCUT2D eigenvalue weighted by atomic mass is 9.89. The molecule has 6 nitrogen and oxygen atoms in total.